The number of methoxy groups -OCH3 is 2. The van der Waals surface area contributed by atoms with Crippen LogP contribution in [0.4, 0.5) is 11.4 Å². The van der Waals surface area contributed by atoms with Crippen molar-refractivity contribution < 1.29 is 27.6 Å². The van der Waals surface area contributed by atoms with Gasteiger partial charge in [-0.2, -0.15) is 5.10 Å². The zero-order chi connectivity index (χ0) is 27.2. The van der Waals surface area contributed by atoms with Gasteiger partial charge in [0.1, 0.15) is 18.0 Å². The highest BCUT2D eigenvalue weighted by atomic mass is 35.5. The molecule has 3 aromatic carbocycles. The molecule has 0 aromatic heterocycles. The van der Waals surface area contributed by atoms with Crippen LogP contribution < -0.4 is 19.2 Å². The molecule has 0 bridgehead atoms. The normalized spacial score (nSPS) is 11.5. The lowest BCUT2D eigenvalue weighted by Crippen LogP contribution is -2.40. The summed E-state index contributed by atoms with van der Waals surface area (Å²) in [4.78, 5) is 23.1. The number of anilines is 1. The Labute approximate surface area is 218 Å². The van der Waals surface area contributed by atoms with Crippen molar-refractivity contribution >= 4 is 44.6 Å². The number of halogens is 1. The summed E-state index contributed by atoms with van der Waals surface area (Å²) >= 11 is 5.89. The Morgan fingerprint density at radius 2 is 1.76 bits per heavy atom. The number of nitrogens with one attached hydrogen (secondary N) is 1. The van der Waals surface area contributed by atoms with Crippen LogP contribution >= 0.6 is 11.6 Å². The lowest BCUT2D eigenvalue weighted by atomic mass is 10.1. The van der Waals surface area contributed by atoms with Crippen LogP contribution in [0, 0.1) is 10.1 Å². The number of sulfonamides is 1. The summed E-state index contributed by atoms with van der Waals surface area (Å²) in [6.45, 7) is 0.895. The molecule has 0 saturated heterocycles. The summed E-state index contributed by atoms with van der Waals surface area (Å²) in [6.07, 6.45) is 0. The van der Waals surface area contributed by atoms with Gasteiger partial charge in [0.25, 0.3) is 21.6 Å². The average molecular weight is 547 g/mol. The fraction of sp³-hybridized carbons (Fsp3) is 0.167. The number of carbonyl (C=O) groups excluding carboxylic acids is 1. The minimum Gasteiger partial charge on any atom is -0.497 e. The molecule has 3 rings (SSSR count). The van der Waals surface area contributed by atoms with E-state index in [9.17, 15) is 23.3 Å². The van der Waals surface area contributed by atoms with Crippen molar-refractivity contribution in [2.75, 3.05) is 25.1 Å². The Morgan fingerprint density at radius 3 is 2.38 bits per heavy atom. The first-order valence-electron chi connectivity index (χ1n) is 10.7. The number of para-hydroxylation sites is 1. The standard InChI is InChI=1S/C24H23ClN4O7S/c1-16(17-8-10-18(25)11-9-17)26-27-24(30)15-28(20-13-12-19(35-2)14-22(20)36-3)37(33,34)23-7-5-4-6-21(23)29(31)32/h4-14H,15H2,1-3H3,(H,27,30)/b26-16-. The number of nitrogens with zero attached hydrogens (tertiary/aromatic N) is 3. The quantitative estimate of drug-likeness (QED) is 0.230. The fourth-order valence-corrected chi connectivity index (χ4v) is 5.02. The first-order chi connectivity index (χ1) is 17.6. The summed E-state index contributed by atoms with van der Waals surface area (Å²) in [5.74, 6) is -0.361. The Bertz CT molecular complexity index is 1440. The topological polar surface area (TPSA) is 140 Å². The minimum atomic E-state index is -4.63. The number of ether oxygens (including phenoxy) is 2. The van der Waals surface area contributed by atoms with E-state index in [-0.39, 0.29) is 11.4 Å². The molecule has 3 aromatic rings. The molecule has 194 valence electrons. The van der Waals surface area contributed by atoms with E-state index in [0.29, 0.717) is 22.0 Å². The molecule has 1 amide bonds. The Balaban J connectivity index is 2.03. The van der Waals surface area contributed by atoms with E-state index in [0.717, 1.165) is 16.4 Å². The molecule has 13 heteroatoms. The van der Waals surface area contributed by atoms with Crippen LogP contribution in [0.2, 0.25) is 5.02 Å². The summed E-state index contributed by atoms with van der Waals surface area (Å²) in [5.41, 5.74) is 2.78. The van der Waals surface area contributed by atoms with Crippen molar-refractivity contribution in [2.24, 2.45) is 5.10 Å². The molecule has 0 aliphatic rings. The van der Waals surface area contributed by atoms with Crippen LogP contribution in [-0.4, -0.2) is 45.7 Å². The molecule has 0 aliphatic heterocycles. The number of rotatable bonds is 10. The minimum absolute atomic E-state index is 0.0324. The number of hydrogen-bond acceptors (Lipinski definition) is 8. The van der Waals surface area contributed by atoms with E-state index in [1.807, 2.05) is 0 Å². The average Bonchev–Trinajstić information content (AvgIpc) is 2.90. The van der Waals surface area contributed by atoms with Crippen LogP contribution in [0.15, 0.2) is 76.7 Å². The molecule has 0 spiro atoms. The Morgan fingerprint density at radius 1 is 1.08 bits per heavy atom. The van der Waals surface area contributed by atoms with Crippen LogP contribution in [0.5, 0.6) is 11.5 Å². The highest BCUT2D eigenvalue weighted by molar-refractivity contribution is 7.93. The number of nitro benzene ring substituents is 1. The molecule has 0 fully saturated rings. The third kappa shape index (κ3) is 6.35. The third-order valence-electron chi connectivity index (χ3n) is 5.18. The lowest BCUT2D eigenvalue weighted by Gasteiger charge is -2.25. The van der Waals surface area contributed by atoms with E-state index in [1.54, 1.807) is 31.2 Å². The van der Waals surface area contributed by atoms with Crippen molar-refractivity contribution in [1.82, 2.24) is 5.43 Å². The molecule has 0 unspecified atom stereocenters. The Hall–Kier alpha value is -4.16. The summed E-state index contributed by atoms with van der Waals surface area (Å²) < 4.78 is 38.6. The SMILES string of the molecule is COc1ccc(N(CC(=O)N/N=C(/C)c2ccc(Cl)cc2)S(=O)(=O)c2ccccc2[N+](=O)[O-])c(OC)c1. The van der Waals surface area contributed by atoms with E-state index >= 15 is 0 Å². The molecule has 0 radical (unpaired) electrons. The molecular weight excluding hydrogens is 524 g/mol. The van der Waals surface area contributed by atoms with Gasteiger partial charge in [-0.1, -0.05) is 35.9 Å². The van der Waals surface area contributed by atoms with Crippen LogP contribution in [0.25, 0.3) is 0 Å². The second-order valence-corrected chi connectivity index (χ2v) is 9.78. The molecule has 11 nitrogen and oxygen atoms in total. The molecule has 0 heterocycles. The number of nitro groups is 1. The Kier molecular flexibility index (Phi) is 8.69. The predicted molar refractivity (Wildman–Crippen MR) is 139 cm³/mol. The van der Waals surface area contributed by atoms with E-state index in [2.05, 4.69) is 10.5 Å². The maximum atomic E-state index is 13.7. The molecule has 37 heavy (non-hydrogen) atoms. The maximum absolute atomic E-state index is 13.7. The third-order valence-corrected chi connectivity index (χ3v) is 7.24. The van der Waals surface area contributed by atoms with Gasteiger partial charge >= 0.3 is 0 Å². The van der Waals surface area contributed by atoms with E-state index in [1.165, 1.54) is 44.6 Å². The summed E-state index contributed by atoms with van der Waals surface area (Å²) in [5, 5.41) is 16.1. The molecule has 0 saturated carbocycles. The predicted octanol–water partition coefficient (Wildman–Crippen LogP) is 4.00. The maximum Gasteiger partial charge on any atom is 0.289 e. The summed E-state index contributed by atoms with van der Waals surface area (Å²) in [7, 11) is -1.89. The van der Waals surface area contributed by atoms with Gasteiger partial charge in [-0.15, -0.1) is 0 Å². The van der Waals surface area contributed by atoms with Gasteiger partial charge in [-0.3, -0.25) is 19.2 Å². The number of carbonyl (C=O) groups is 1. The largest absolute Gasteiger partial charge is 0.497 e. The monoisotopic (exact) mass is 546 g/mol. The van der Waals surface area contributed by atoms with Gasteiger partial charge in [0.05, 0.1) is 30.5 Å². The fourth-order valence-electron chi connectivity index (χ4n) is 3.30. The van der Waals surface area contributed by atoms with E-state index < -0.39 is 38.0 Å². The van der Waals surface area contributed by atoms with Crippen molar-refractivity contribution in [3.63, 3.8) is 0 Å². The molecule has 0 atom stereocenters. The second kappa shape index (κ2) is 11.7. The zero-order valence-corrected chi connectivity index (χ0v) is 21.6. The second-order valence-electron chi connectivity index (χ2n) is 7.51. The number of benzene rings is 3. The lowest BCUT2D eigenvalue weighted by molar-refractivity contribution is -0.387. The highest BCUT2D eigenvalue weighted by Gasteiger charge is 2.34. The van der Waals surface area contributed by atoms with E-state index in [4.69, 9.17) is 21.1 Å². The molecule has 0 aliphatic carbocycles. The van der Waals surface area contributed by atoms with Gasteiger partial charge in [0.15, 0.2) is 4.90 Å². The van der Waals surface area contributed by atoms with Crippen molar-refractivity contribution in [2.45, 2.75) is 11.8 Å². The first kappa shape index (κ1) is 27.4. The first-order valence-corrected chi connectivity index (χ1v) is 12.5. The van der Waals surface area contributed by atoms with Crippen molar-refractivity contribution in [1.29, 1.82) is 0 Å². The van der Waals surface area contributed by atoms with Crippen LogP contribution in [0.3, 0.4) is 0 Å². The number of hydrogen-bond donors (Lipinski definition) is 1. The smallest absolute Gasteiger partial charge is 0.289 e. The van der Waals surface area contributed by atoms with Gasteiger partial charge in [-0.05, 0) is 42.8 Å². The van der Waals surface area contributed by atoms with Gasteiger partial charge in [-0.25, -0.2) is 13.8 Å². The molecule has 1 N–H and O–H groups in total. The van der Waals surface area contributed by atoms with Crippen molar-refractivity contribution in [3.05, 3.63) is 87.4 Å². The van der Waals surface area contributed by atoms with Gasteiger partial charge in [0, 0.05) is 17.2 Å². The van der Waals surface area contributed by atoms with Gasteiger partial charge < -0.3 is 9.47 Å². The summed E-state index contributed by atoms with van der Waals surface area (Å²) in [6, 6.07) is 15.9. The number of amides is 1. The highest BCUT2D eigenvalue weighted by Crippen LogP contribution is 2.37. The van der Waals surface area contributed by atoms with Crippen LogP contribution in [-0.2, 0) is 14.8 Å². The zero-order valence-electron chi connectivity index (χ0n) is 20.0. The van der Waals surface area contributed by atoms with Crippen LogP contribution in [0.1, 0.15) is 12.5 Å². The number of hydrazone groups is 1. The molecular formula is C24H23ClN4O7S. The van der Waals surface area contributed by atoms with Crippen molar-refractivity contribution in [3.8, 4) is 11.5 Å². The van der Waals surface area contributed by atoms with Gasteiger partial charge in [0.2, 0.25) is 0 Å².